The van der Waals surface area contributed by atoms with Crippen molar-refractivity contribution in [2.24, 2.45) is 5.73 Å². The maximum absolute atomic E-state index is 5.82. The molecule has 6 heteroatoms. The van der Waals surface area contributed by atoms with Crippen LogP contribution >= 0.6 is 12.4 Å². The highest BCUT2D eigenvalue weighted by atomic mass is 35.5. The van der Waals surface area contributed by atoms with E-state index in [1.54, 1.807) is 0 Å². The summed E-state index contributed by atoms with van der Waals surface area (Å²) in [7, 11) is 0. The maximum atomic E-state index is 5.82. The van der Waals surface area contributed by atoms with Gasteiger partial charge in [-0.3, -0.25) is 5.01 Å². The Bertz CT molecular complexity index is 760. The Labute approximate surface area is 135 Å². The summed E-state index contributed by atoms with van der Waals surface area (Å²) < 4.78 is 2.12. The predicted molar refractivity (Wildman–Crippen MR) is 90.0 cm³/mol. The molecule has 0 unspecified atom stereocenters. The highest BCUT2D eigenvalue weighted by Gasteiger charge is 2.22. The van der Waals surface area contributed by atoms with Crippen LogP contribution in [0.25, 0.3) is 5.69 Å². The van der Waals surface area contributed by atoms with Crippen molar-refractivity contribution < 1.29 is 0 Å². The second-order valence-electron chi connectivity index (χ2n) is 4.93. The molecule has 0 bridgehead atoms. The molecule has 0 aliphatic carbocycles. The SMILES string of the molecule is Cl.NC1=CN2NN(c3cccn3-c3ccccc3)C=C2C=C1. The van der Waals surface area contributed by atoms with Gasteiger partial charge in [-0.1, -0.05) is 18.2 Å². The van der Waals surface area contributed by atoms with E-state index >= 15 is 0 Å². The molecule has 2 aromatic rings. The summed E-state index contributed by atoms with van der Waals surface area (Å²) in [6.07, 6.45) is 9.82. The Kier molecular flexibility index (Phi) is 3.66. The molecule has 22 heavy (non-hydrogen) atoms. The summed E-state index contributed by atoms with van der Waals surface area (Å²) in [6.45, 7) is 0. The molecule has 0 radical (unpaired) electrons. The van der Waals surface area contributed by atoms with E-state index in [0.29, 0.717) is 0 Å². The van der Waals surface area contributed by atoms with Gasteiger partial charge in [-0.25, -0.2) is 5.01 Å². The summed E-state index contributed by atoms with van der Waals surface area (Å²) in [5.41, 5.74) is 12.0. The summed E-state index contributed by atoms with van der Waals surface area (Å²) in [5.74, 6) is 1.03. The molecular weight excluding hydrogens is 298 g/mol. The van der Waals surface area contributed by atoms with Crippen LogP contribution in [0.4, 0.5) is 5.82 Å². The van der Waals surface area contributed by atoms with Gasteiger partial charge in [0.15, 0.2) is 0 Å². The number of nitrogens with one attached hydrogen (secondary N) is 1. The quantitative estimate of drug-likeness (QED) is 0.895. The lowest BCUT2D eigenvalue weighted by atomic mass is 10.3. The van der Waals surface area contributed by atoms with E-state index in [0.717, 1.165) is 22.9 Å². The summed E-state index contributed by atoms with van der Waals surface area (Å²) in [5, 5.41) is 3.87. The van der Waals surface area contributed by atoms with Gasteiger partial charge in [0.1, 0.15) is 5.82 Å². The molecule has 3 N–H and O–H groups in total. The van der Waals surface area contributed by atoms with Crippen molar-refractivity contribution in [2.45, 2.75) is 0 Å². The van der Waals surface area contributed by atoms with E-state index in [1.807, 2.05) is 65.0 Å². The predicted octanol–water partition coefficient (Wildman–Crippen LogP) is 2.65. The molecule has 0 amide bonds. The molecule has 0 saturated heterocycles. The summed E-state index contributed by atoms with van der Waals surface area (Å²) in [6, 6.07) is 14.3. The van der Waals surface area contributed by atoms with Crippen LogP contribution < -0.4 is 16.3 Å². The van der Waals surface area contributed by atoms with E-state index < -0.39 is 0 Å². The number of hydrazine groups is 2. The molecule has 2 aliphatic rings. The average molecular weight is 314 g/mol. The zero-order valence-corrected chi connectivity index (χ0v) is 12.6. The first-order valence-electron chi connectivity index (χ1n) is 6.76. The molecule has 0 atom stereocenters. The van der Waals surface area contributed by atoms with Crippen LogP contribution in [0.3, 0.4) is 0 Å². The van der Waals surface area contributed by atoms with Crippen molar-refractivity contribution in [3.63, 3.8) is 0 Å². The average Bonchev–Trinajstić information content (AvgIpc) is 3.13. The van der Waals surface area contributed by atoms with Crippen molar-refractivity contribution >= 4 is 18.2 Å². The van der Waals surface area contributed by atoms with Crippen LogP contribution in [0.5, 0.6) is 0 Å². The molecule has 0 fully saturated rings. The first-order valence-corrected chi connectivity index (χ1v) is 6.76. The Balaban J connectivity index is 0.00000144. The first kappa shape index (κ1) is 14.3. The van der Waals surface area contributed by atoms with Crippen LogP contribution in [-0.2, 0) is 0 Å². The smallest absolute Gasteiger partial charge is 0.133 e. The monoisotopic (exact) mass is 313 g/mol. The van der Waals surface area contributed by atoms with Crippen LogP contribution in [0.1, 0.15) is 0 Å². The van der Waals surface area contributed by atoms with Gasteiger partial charge < -0.3 is 10.3 Å². The second-order valence-corrected chi connectivity index (χ2v) is 4.93. The van der Waals surface area contributed by atoms with Gasteiger partial charge >= 0.3 is 0 Å². The zero-order chi connectivity index (χ0) is 14.2. The van der Waals surface area contributed by atoms with Crippen molar-refractivity contribution in [1.82, 2.24) is 15.1 Å². The number of hydrogen-bond donors (Lipinski definition) is 2. The van der Waals surface area contributed by atoms with Gasteiger partial charge in [0.05, 0.1) is 11.9 Å². The number of anilines is 1. The maximum Gasteiger partial charge on any atom is 0.133 e. The minimum Gasteiger partial charge on any atom is -0.397 e. The number of aromatic nitrogens is 1. The molecular formula is C16H16ClN5. The third-order valence-corrected chi connectivity index (χ3v) is 3.49. The molecule has 5 nitrogen and oxygen atoms in total. The number of rotatable bonds is 2. The minimum absolute atomic E-state index is 0. The topological polar surface area (TPSA) is 49.5 Å². The van der Waals surface area contributed by atoms with Gasteiger partial charge in [0, 0.05) is 23.8 Å². The number of nitrogens with zero attached hydrogens (tertiary/aromatic N) is 3. The number of hydrogen-bond acceptors (Lipinski definition) is 4. The van der Waals surface area contributed by atoms with Crippen LogP contribution in [-0.4, -0.2) is 9.58 Å². The lowest BCUT2D eigenvalue weighted by Gasteiger charge is -2.23. The number of nitrogens with two attached hydrogens (primary N) is 1. The fourth-order valence-electron chi connectivity index (χ4n) is 2.49. The van der Waals surface area contributed by atoms with Crippen LogP contribution in [0.2, 0.25) is 0 Å². The van der Waals surface area contributed by atoms with Crippen LogP contribution in [0, 0.1) is 0 Å². The largest absolute Gasteiger partial charge is 0.397 e. The van der Waals surface area contributed by atoms with Gasteiger partial charge in [-0.05, 0) is 36.4 Å². The molecule has 0 saturated carbocycles. The van der Waals surface area contributed by atoms with E-state index in [2.05, 4.69) is 28.3 Å². The standard InChI is InChI=1S/C16H15N5.ClH/c17-13-8-9-15-12-21(18-20(15)11-13)16-7-4-10-19(16)14-5-2-1-3-6-14;/h1-12,18H,17H2;1H. The Hall–Kier alpha value is -2.63. The van der Waals surface area contributed by atoms with E-state index in [1.165, 1.54) is 0 Å². The highest BCUT2D eigenvalue weighted by Crippen LogP contribution is 2.26. The number of allylic oxidation sites excluding steroid dienone is 2. The molecule has 4 rings (SSSR count). The van der Waals surface area contributed by atoms with Crippen molar-refractivity contribution in [3.8, 4) is 5.69 Å². The third kappa shape index (κ3) is 2.36. The van der Waals surface area contributed by atoms with Crippen molar-refractivity contribution in [2.75, 3.05) is 5.01 Å². The molecule has 1 aromatic heterocycles. The lowest BCUT2D eigenvalue weighted by molar-refractivity contribution is 0.375. The number of benzene rings is 1. The Morgan fingerprint density at radius 2 is 1.68 bits per heavy atom. The molecule has 0 spiro atoms. The molecule has 3 heterocycles. The van der Waals surface area contributed by atoms with Gasteiger partial charge in [-0.15, -0.1) is 17.9 Å². The molecule has 2 aliphatic heterocycles. The first-order chi connectivity index (χ1) is 10.3. The third-order valence-electron chi connectivity index (χ3n) is 3.49. The molecule has 112 valence electrons. The number of halogens is 1. The Morgan fingerprint density at radius 3 is 2.50 bits per heavy atom. The summed E-state index contributed by atoms with van der Waals surface area (Å²) >= 11 is 0. The van der Waals surface area contributed by atoms with Crippen molar-refractivity contribution in [3.05, 3.63) is 84.6 Å². The second kappa shape index (κ2) is 5.63. The number of fused-ring (bicyclic) bond motifs is 1. The number of para-hydroxylation sites is 1. The van der Waals surface area contributed by atoms with Crippen molar-refractivity contribution in [1.29, 1.82) is 0 Å². The van der Waals surface area contributed by atoms with Gasteiger partial charge in [0.2, 0.25) is 0 Å². The zero-order valence-electron chi connectivity index (χ0n) is 11.8. The van der Waals surface area contributed by atoms with E-state index in [9.17, 15) is 0 Å². The normalized spacial score (nSPS) is 16.0. The van der Waals surface area contributed by atoms with E-state index in [-0.39, 0.29) is 12.4 Å². The highest BCUT2D eigenvalue weighted by molar-refractivity contribution is 5.85. The Morgan fingerprint density at radius 1 is 0.864 bits per heavy atom. The van der Waals surface area contributed by atoms with Gasteiger partial charge in [-0.2, -0.15) is 0 Å². The van der Waals surface area contributed by atoms with E-state index in [4.69, 9.17) is 5.73 Å². The van der Waals surface area contributed by atoms with Gasteiger partial charge in [0.25, 0.3) is 0 Å². The molecule has 1 aromatic carbocycles. The fraction of sp³-hybridized carbons (Fsp3) is 0. The van der Waals surface area contributed by atoms with Crippen LogP contribution in [0.15, 0.2) is 84.6 Å². The minimum atomic E-state index is 0. The lowest BCUT2D eigenvalue weighted by Crippen LogP contribution is -2.39. The fourth-order valence-corrected chi connectivity index (χ4v) is 2.49. The summed E-state index contributed by atoms with van der Waals surface area (Å²) in [4.78, 5) is 0.